The highest BCUT2D eigenvalue weighted by atomic mass is 16.5. The fourth-order valence-corrected chi connectivity index (χ4v) is 2.50. The van der Waals surface area contributed by atoms with Crippen LogP contribution in [0.3, 0.4) is 0 Å². The molecule has 20 heavy (non-hydrogen) atoms. The molecular formula is C14H12N2O4. The summed E-state index contributed by atoms with van der Waals surface area (Å²) in [5.41, 5.74) is 3.13. The molecule has 0 fully saturated rings. The number of hydrogen-bond donors (Lipinski definition) is 1. The second kappa shape index (κ2) is 4.48. The van der Waals surface area contributed by atoms with Crippen LogP contribution in [-0.4, -0.2) is 28.7 Å². The minimum atomic E-state index is -1.15. The van der Waals surface area contributed by atoms with Crippen LogP contribution < -0.4 is 4.90 Å². The third kappa shape index (κ3) is 1.85. The van der Waals surface area contributed by atoms with E-state index in [0.29, 0.717) is 12.2 Å². The average molecular weight is 272 g/mol. The van der Waals surface area contributed by atoms with Gasteiger partial charge < -0.3 is 14.5 Å². The normalized spacial score (nSPS) is 13.3. The van der Waals surface area contributed by atoms with Crippen LogP contribution in [0.5, 0.6) is 0 Å². The Morgan fingerprint density at radius 2 is 2.20 bits per heavy atom. The van der Waals surface area contributed by atoms with Crippen LogP contribution >= 0.6 is 0 Å². The largest absolute Gasteiger partial charge is 0.475 e. The van der Waals surface area contributed by atoms with Crippen molar-refractivity contribution in [3.63, 3.8) is 0 Å². The van der Waals surface area contributed by atoms with Crippen molar-refractivity contribution >= 4 is 17.6 Å². The van der Waals surface area contributed by atoms with Gasteiger partial charge in [0, 0.05) is 30.8 Å². The van der Waals surface area contributed by atoms with E-state index < -0.39 is 5.97 Å². The molecule has 1 aromatic heterocycles. The average Bonchev–Trinajstić information content (AvgIpc) is 3.05. The summed E-state index contributed by atoms with van der Waals surface area (Å²) < 4.78 is 4.78. The number of carbonyl (C=O) groups is 2. The van der Waals surface area contributed by atoms with Gasteiger partial charge in [0.25, 0.3) is 0 Å². The van der Waals surface area contributed by atoms with Gasteiger partial charge in [-0.15, -0.1) is 0 Å². The minimum absolute atomic E-state index is 0.00715. The Morgan fingerprint density at radius 3 is 2.85 bits per heavy atom. The third-order valence-corrected chi connectivity index (χ3v) is 3.40. The number of aromatic nitrogens is 1. The fourth-order valence-electron chi connectivity index (χ4n) is 2.50. The molecular weight excluding hydrogens is 260 g/mol. The summed E-state index contributed by atoms with van der Waals surface area (Å²) in [5, 5.41) is 12.7. The van der Waals surface area contributed by atoms with Crippen LogP contribution in [-0.2, 0) is 11.2 Å². The summed E-state index contributed by atoms with van der Waals surface area (Å²) >= 11 is 0. The molecule has 0 bridgehead atoms. The van der Waals surface area contributed by atoms with Crippen LogP contribution in [0.1, 0.15) is 23.0 Å². The van der Waals surface area contributed by atoms with E-state index in [1.54, 1.807) is 4.90 Å². The van der Waals surface area contributed by atoms with Crippen LogP contribution in [0, 0.1) is 0 Å². The molecule has 0 radical (unpaired) electrons. The number of benzene rings is 1. The highest BCUT2D eigenvalue weighted by molar-refractivity contribution is 5.95. The van der Waals surface area contributed by atoms with Gasteiger partial charge in [0.1, 0.15) is 5.69 Å². The van der Waals surface area contributed by atoms with Gasteiger partial charge in [-0.05, 0) is 18.1 Å². The van der Waals surface area contributed by atoms with E-state index in [1.165, 1.54) is 13.0 Å². The number of anilines is 1. The molecule has 1 aliphatic rings. The van der Waals surface area contributed by atoms with E-state index in [2.05, 4.69) is 5.16 Å². The van der Waals surface area contributed by atoms with E-state index in [0.717, 1.165) is 23.2 Å². The van der Waals surface area contributed by atoms with Gasteiger partial charge in [-0.25, -0.2) is 4.79 Å². The quantitative estimate of drug-likeness (QED) is 0.903. The number of carboxylic acids is 1. The molecule has 0 spiro atoms. The first-order valence-electron chi connectivity index (χ1n) is 6.18. The summed E-state index contributed by atoms with van der Waals surface area (Å²) in [6.45, 7) is 2.16. The van der Waals surface area contributed by atoms with Crippen molar-refractivity contribution < 1.29 is 19.2 Å². The number of hydrogen-bond acceptors (Lipinski definition) is 4. The minimum Gasteiger partial charge on any atom is -0.475 e. The molecule has 0 atom stereocenters. The van der Waals surface area contributed by atoms with Gasteiger partial charge in [0.2, 0.25) is 11.7 Å². The molecule has 1 aromatic carbocycles. The molecule has 6 heteroatoms. The first-order valence-corrected chi connectivity index (χ1v) is 6.18. The van der Waals surface area contributed by atoms with E-state index in [1.807, 2.05) is 18.2 Å². The predicted octanol–water partition coefficient (Wildman–Crippen LogP) is 1.95. The number of aromatic carboxylic acids is 1. The zero-order valence-electron chi connectivity index (χ0n) is 10.8. The number of rotatable bonds is 2. The summed E-state index contributed by atoms with van der Waals surface area (Å²) in [6.07, 6.45) is 0.723. The molecule has 1 N–H and O–H groups in total. The third-order valence-electron chi connectivity index (χ3n) is 3.40. The first-order chi connectivity index (χ1) is 9.58. The Kier molecular flexibility index (Phi) is 2.78. The molecule has 6 nitrogen and oxygen atoms in total. The Morgan fingerprint density at radius 1 is 1.40 bits per heavy atom. The zero-order valence-corrected chi connectivity index (χ0v) is 10.8. The second-order valence-corrected chi connectivity index (χ2v) is 4.61. The van der Waals surface area contributed by atoms with Crippen LogP contribution in [0.25, 0.3) is 11.3 Å². The second-order valence-electron chi connectivity index (χ2n) is 4.61. The summed E-state index contributed by atoms with van der Waals surface area (Å²) in [5.74, 6) is -1.35. The van der Waals surface area contributed by atoms with Crippen LogP contribution in [0.2, 0.25) is 0 Å². The van der Waals surface area contributed by atoms with E-state index >= 15 is 0 Å². The van der Waals surface area contributed by atoms with E-state index in [4.69, 9.17) is 9.63 Å². The van der Waals surface area contributed by atoms with Gasteiger partial charge in [-0.1, -0.05) is 17.3 Å². The lowest BCUT2D eigenvalue weighted by atomic mass is 10.0. The lowest BCUT2D eigenvalue weighted by molar-refractivity contribution is -0.116. The molecule has 0 saturated heterocycles. The van der Waals surface area contributed by atoms with Crippen molar-refractivity contribution in [1.82, 2.24) is 5.16 Å². The van der Waals surface area contributed by atoms with Gasteiger partial charge in [-0.3, -0.25) is 4.79 Å². The number of nitrogens with zero attached hydrogens (tertiary/aromatic N) is 2. The SMILES string of the molecule is CC(=O)N1CCc2c(-c3cc(C(=O)O)on3)cccc21. The molecule has 1 aliphatic heterocycles. The summed E-state index contributed by atoms with van der Waals surface area (Å²) in [7, 11) is 0. The maximum absolute atomic E-state index is 11.6. The highest BCUT2D eigenvalue weighted by Gasteiger charge is 2.26. The van der Waals surface area contributed by atoms with E-state index in [9.17, 15) is 9.59 Å². The lowest BCUT2D eigenvalue weighted by Crippen LogP contribution is -2.25. The standard InChI is InChI=1S/C14H12N2O4/c1-8(17)16-6-5-10-9(3-2-4-12(10)16)11-7-13(14(18)19)20-15-11/h2-4,7H,5-6H2,1H3,(H,18,19). The van der Waals surface area contributed by atoms with Crippen molar-refractivity contribution in [1.29, 1.82) is 0 Å². The Labute approximate surface area is 114 Å². The summed E-state index contributed by atoms with van der Waals surface area (Å²) in [4.78, 5) is 24.1. The first kappa shape index (κ1) is 12.4. The molecule has 2 heterocycles. The van der Waals surface area contributed by atoms with E-state index in [-0.39, 0.29) is 11.7 Å². The van der Waals surface area contributed by atoms with Crippen molar-refractivity contribution in [2.45, 2.75) is 13.3 Å². The molecule has 3 rings (SSSR count). The van der Waals surface area contributed by atoms with Crippen LogP contribution in [0.15, 0.2) is 28.8 Å². The van der Waals surface area contributed by atoms with Gasteiger partial charge in [-0.2, -0.15) is 0 Å². The monoisotopic (exact) mass is 272 g/mol. The molecule has 102 valence electrons. The number of amides is 1. The molecule has 0 aliphatic carbocycles. The Balaban J connectivity index is 2.07. The van der Waals surface area contributed by atoms with Gasteiger partial charge in [0.15, 0.2) is 0 Å². The number of carbonyl (C=O) groups excluding carboxylic acids is 1. The van der Waals surface area contributed by atoms with Crippen LogP contribution in [0.4, 0.5) is 5.69 Å². The zero-order chi connectivity index (χ0) is 14.3. The smallest absolute Gasteiger partial charge is 0.374 e. The van der Waals surface area contributed by atoms with Crippen molar-refractivity contribution in [2.75, 3.05) is 11.4 Å². The molecule has 0 saturated carbocycles. The Bertz CT molecular complexity index is 705. The van der Waals surface area contributed by atoms with Crippen molar-refractivity contribution in [3.05, 3.63) is 35.6 Å². The fraction of sp³-hybridized carbons (Fsp3) is 0.214. The lowest BCUT2D eigenvalue weighted by Gasteiger charge is -2.14. The molecule has 2 aromatic rings. The van der Waals surface area contributed by atoms with Crippen molar-refractivity contribution in [2.24, 2.45) is 0 Å². The van der Waals surface area contributed by atoms with Crippen molar-refractivity contribution in [3.8, 4) is 11.3 Å². The van der Waals surface area contributed by atoms with Gasteiger partial charge in [0.05, 0.1) is 0 Å². The summed E-state index contributed by atoms with van der Waals surface area (Å²) in [6, 6.07) is 6.95. The highest BCUT2D eigenvalue weighted by Crippen LogP contribution is 2.35. The molecule has 1 amide bonds. The maximum atomic E-state index is 11.6. The maximum Gasteiger partial charge on any atom is 0.374 e. The topological polar surface area (TPSA) is 83.6 Å². The number of fused-ring (bicyclic) bond motifs is 1. The van der Waals surface area contributed by atoms with Gasteiger partial charge >= 0.3 is 5.97 Å². The predicted molar refractivity (Wildman–Crippen MR) is 70.6 cm³/mol. The number of carboxylic acid groups (broad SMARTS) is 1. The Hall–Kier alpha value is -2.63. The molecule has 0 unspecified atom stereocenters.